The quantitative estimate of drug-likeness (QED) is 0.730. The summed E-state index contributed by atoms with van der Waals surface area (Å²) in [4.78, 5) is 14.5. The first-order valence-corrected chi connectivity index (χ1v) is 11.0. The third-order valence-corrected chi connectivity index (χ3v) is 7.35. The molecule has 0 N–H and O–H groups in total. The Labute approximate surface area is 161 Å². The van der Waals surface area contributed by atoms with Gasteiger partial charge in [-0.1, -0.05) is 6.07 Å². The smallest absolute Gasteiger partial charge is 0.246 e. The van der Waals surface area contributed by atoms with Gasteiger partial charge in [-0.25, -0.2) is 17.2 Å². The molecule has 1 aromatic carbocycles. The standard InChI is InChI=1S/C18H20F2N2O3S2/c19-14-6-7-16(20)17(13-14)27(24,25)22-10-8-21(9-11-22)18(23)5-1-3-15-4-2-12-26-15/h2,4,6-7,12-13H,1,3,5,8-11H2. The van der Waals surface area contributed by atoms with Crippen LogP contribution in [-0.4, -0.2) is 49.7 Å². The number of hydrogen-bond acceptors (Lipinski definition) is 4. The van der Waals surface area contributed by atoms with Gasteiger partial charge in [-0.3, -0.25) is 4.79 Å². The molecule has 0 bridgehead atoms. The predicted octanol–water partition coefficient (Wildman–Crippen LogP) is 2.88. The van der Waals surface area contributed by atoms with Gasteiger partial charge in [-0.15, -0.1) is 11.3 Å². The zero-order valence-corrected chi connectivity index (χ0v) is 16.2. The minimum atomic E-state index is -4.13. The number of hydrogen-bond donors (Lipinski definition) is 0. The van der Waals surface area contributed by atoms with Crippen molar-refractivity contribution in [1.29, 1.82) is 0 Å². The zero-order valence-electron chi connectivity index (χ0n) is 14.6. The van der Waals surface area contributed by atoms with Gasteiger partial charge >= 0.3 is 0 Å². The van der Waals surface area contributed by atoms with Crippen LogP contribution in [0, 0.1) is 11.6 Å². The molecule has 9 heteroatoms. The number of benzene rings is 1. The summed E-state index contributed by atoms with van der Waals surface area (Å²) in [6.07, 6.45) is 1.99. The van der Waals surface area contributed by atoms with Crippen molar-refractivity contribution in [1.82, 2.24) is 9.21 Å². The van der Waals surface area contributed by atoms with Crippen molar-refractivity contribution in [3.63, 3.8) is 0 Å². The number of carbonyl (C=O) groups is 1. The van der Waals surface area contributed by atoms with Crippen LogP contribution < -0.4 is 0 Å². The Bertz CT molecular complexity index is 893. The molecular formula is C18H20F2N2O3S2. The van der Waals surface area contributed by atoms with Crippen LogP contribution in [0.1, 0.15) is 17.7 Å². The largest absolute Gasteiger partial charge is 0.340 e. The third kappa shape index (κ3) is 4.72. The average molecular weight is 414 g/mol. The van der Waals surface area contributed by atoms with E-state index in [1.54, 1.807) is 16.2 Å². The highest BCUT2D eigenvalue weighted by Gasteiger charge is 2.32. The van der Waals surface area contributed by atoms with E-state index in [0.29, 0.717) is 12.5 Å². The number of amides is 1. The lowest BCUT2D eigenvalue weighted by Crippen LogP contribution is -2.50. The van der Waals surface area contributed by atoms with Crippen LogP contribution in [0.3, 0.4) is 0 Å². The van der Waals surface area contributed by atoms with E-state index in [2.05, 4.69) is 0 Å². The monoisotopic (exact) mass is 414 g/mol. The summed E-state index contributed by atoms with van der Waals surface area (Å²) in [5.41, 5.74) is 0. The molecule has 0 spiro atoms. The van der Waals surface area contributed by atoms with E-state index < -0.39 is 26.6 Å². The number of thiophene rings is 1. The van der Waals surface area contributed by atoms with Crippen LogP contribution in [-0.2, 0) is 21.2 Å². The van der Waals surface area contributed by atoms with Crippen molar-refractivity contribution in [2.24, 2.45) is 0 Å². The van der Waals surface area contributed by atoms with Crippen LogP contribution in [0.5, 0.6) is 0 Å². The molecule has 0 atom stereocenters. The molecule has 1 saturated heterocycles. The fraction of sp³-hybridized carbons (Fsp3) is 0.389. The number of rotatable bonds is 6. The van der Waals surface area contributed by atoms with Gasteiger partial charge < -0.3 is 4.90 Å². The molecule has 0 saturated carbocycles. The van der Waals surface area contributed by atoms with E-state index in [0.717, 1.165) is 29.3 Å². The molecule has 2 aromatic rings. The molecule has 0 aliphatic carbocycles. The van der Waals surface area contributed by atoms with Crippen LogP contribution >= 0.6 is 11.3 Å². The Morgan fingerprint density at radius 3 is 2.52 bits per heavy atom. The van der Waals surface area contributed by atoms with Crippen LogP contribution in [0.2, 0.25) is 0 Å². The summed E-state index contributed by atoms with van der Waals surface area (Å²) >= 11 is 1.66. The van der Waals surface area contributed by atoms with Gasteiger partial charge in [0.05, 0.1) is 0 Å². The van der Waals surface area contributed by atoms with Gasteiger partial charge in [-0.05, 0) is 42.5 Å². The molecule has 1 aliphatic rings. The molecule has 1 aromatic heterocycles. The summed E-state index contributed by atoms with van der Waals surface area (Å²) in [7, 11) is -4.13. The molecular weight excluding hydrogens is 394 g/mol. The molecule has 5 nitrogen and oxygen atoms in total. The number of halogens is 2. The van der Waals surface area contributed by atoms with Gasteiger partial charge in [0.15, 0.2) is 0 Å². The maximum atomic E-state index is 13.8. The summed E-state index contributed by atoms with van der Waals surface area (Å²) in [6.45, 7) is 0.617. The second-order valence-electron chi connectivity index (χ2n) is 6.29. The van der Waals surface area contributed by atoms with Crippen LogP contribution in [0.4, 0.5) is 8.78 Å². The number of aryl methyl sites for hydroxylation is 1. The first-order valence-electron chi connectivity index (χ1n) is 8.63. The maximum Gasteiger partial charge on any atom is 0.246 e. The van der Waals surface area contributed by atoms with Crippen molar-refractivity contribution in [2.75, 3.05) is 26.2 Å². The summed E-state index contributed by atoms with van der Waals surface area (Å²) in [5, 5.41) is 2.00. The van der Waals surface area contributed by atoms with Gasteiger partial charge in [0.1, 0.15) is 16.5 Å². The zero-order chi connectivity index (χ0) is 19.4. The normalized spacial score (nSPS) is 15.9. The molecule has 1 fully saturated rings. The Morgan fingerprint density at radius 1 is 1.11 bits per heavy atom. The summed E-state index contributed by atoms with van der Waals surface area (Å²) in [6, 6.07) is 6.37. The highest BCUT2D eigenvalue weighted by Crippen LogP contribution is 2.22. The van der Waals surface area contributed by atoms with Crippen molar-refractivity contribution in [2.45, 2.75) is 24.2 Å². The minimum Gasteiger partial charge on any atom is -0.340 e. The first-order chi connectivity index (χ1) is 12.9. The Balaban J connectivity index is 1.54. The van der Waals surface area contributed by atoms with Crippen molar-refractivity contribution >= 4 is 27.3 Å². The topological polar surface area (TPSA) is 57.7 Å². The average Bonchev–Trinajstić information content (AvgIpc) is 3.17. The van der Waals surface area contributed by atoms with Gasteiger partial charge in [0.25, 0.3) is 0 Å². The number of sulfonamides is 1. The van der Waals surface area contributed by atoms with Crippen molar-refractivity contribution in [3.8, 4) is 0 Å². The van der Waals surface area contributed by atoms with Gasteiger partial charge in [0.2, 0.25) is 15.9 Å². The lowest BCUT2D eigenvalue weighted by molar-refractivity contribution is -0.132. The van der Waals surface area contributed by atoms with E-state index in [9.17, 15) is 22.0 Å². The number of nitrogens with zero attached hydrogens (tertiary/aromatic N) is 2. The van der Waals surface area contributed by atoms with Crippen LogP contribution in [0.25, 0.3) is 0 Å². The Kier molecular flexibility index (Phi) is 6.23. The fourth-order valence-electron chi connectivity index (χ4n) is 3.02. The third-order valence-electron chi connectivity index (χ3n) is 4.50. The minimum absolute atomic E-state index is 0.0134. The molecule has 27 heavy (non-hydrogen) atoms. The van der Waals surface area contributed by atoms with E-state index in [-0.39, 0.29) is 32.1 Å². The molecule has 1 aliphatic heterocycles. The van der Waals surface area contributed by atoms with Gasteiger partial charge in [-0.2, -0.15) is 4.31 Å². The van der Waals surface area contributed by atoms with Crippen LogP contribution in [0.15, 0.2) is 40.6 Å². The highest BCUT2D eigenvalue weighted by molar-refractivity contribution is 7.89. The highest BCUT2D eigenvalue weighted by atomic mass is 32.2. The summed E-state index contributed by atoms with van der Waals surface area (Å²) in [5.74, 6) is -1.81. The first kappa shape index (κ1) is 19.9. The van der Waals surface area contributed by atoms with Crippen molar-refractivity contribution < 1.29 is 22.0 Å². The SMILES string of the molecule is O=C(CCCc1cccs1)N1CCN(S(=O)(=O)c2cc(F)ccc2F)CC1. The molecule has 2 heterocycles. The molecule has 0 radical (unpaired) electrons. The van der Waals surface area contributed by atoms with Crippen molar-refractivity contribution in [3.05, 3.63) is 52.2 Å². The molecule has 0 unspecified atom stereocenters. The van der Waals surface area contributed by atoms with E-state index >= 15 is 0 Å². The predicted molar refractivity (Wildman–Crippen MR) is 99.0 cm³/mol. The second kappa shape index (κ2) is 8.45. The molecule has 146 valence electrons. The van der Waals surface area contributed by atoms with E-state index in [4.69, 9.17) is 0 Å². The number of carbonyl (C=O) groups excluding carboxylic acids is 1. The van der Waals surface area contributed by atoms with E-state index in [1.165, 1.54) is 4.88 Å². The molecule has 1 amide bonds. The molecule has 3 rings (SSSR count). The number of piperazine rings is 1. The lowest BCUT2D eigenvalue weighted by atomic mass is 10.2. The fourth-order valence-corrected chi connectivity index (χ4v) is 5.27. The van der Waals surface area contributed by atoms with E-state index in [1.807, 2.05) is 17.5 Å². The maximum absolute atomic E-state index is 13.8. The lowest BCUT2D eigenvalue weighted by Gasteiger charge is -2.34. The Morgan fingerprint density at radius 2 is 1.85 bits per heavy atom. The second-order valence-corrected chi connectivity index (χ2v) is 9.23. The Hall–Kier alpha value is -1.84. The summed E-state index contributed by atoms with van der Waals surface area (Å²) < 4.78 is 53.4. The van der Waals surface area contributed by atoms with Gasteiger partial charge in [0, 0.05) is 37.5 Å².